The molecule has 0 aromatic carbocycles. The lowest BCUT2D eigenvalue weighted by Gasteiger charge is -2.32. The van der Waals surface area contributed by atoms with Crippen LogP contribution in [0.25, 0.3) is 11.0 Å². The van der Waals surface area contributed by atoms with Gasteiger partial charge < -0.3 is 4.98 Å². The van der Waals surface area contributed by atoms with E-state index in [2.05, 4.69) is 19.8 Å². The molecule has 2 N–H and O–H groups in total. The molecule has 9 nitrogen and oxygen atoms in total. The highest BCUT2D eigenvalue weighted by atomic mass is 32.2. The third kappa shape index (κ3) is 3.10. The average molecular weight is 388 g/mol. The predicted molar refractivity (Wildman–Crippen MR) is 99.7 cm³/mol. The van der Waals surface area contributed by atoms with E-state index in [1.807, 2.05) is 6.92 Å². The number of anilines is 1. The minimum Gasteiger partial charge on any atom is -0.345 e. The normalized spacial score (nSPS) is 18.3. The number of aromatic nitrogens is 4. The molecule has 3 aromatic heterocycles. The fourth-order valence-electron chi connectivity index (χ4n) is 3.41. The van der Waals surface area contributed by atoms with E-state index < -0.39 is 16.1 Å². The Kier molecular flexibility index (Phi) is 4.44. The van der Waals surface area contributed by atoms with E-state index in [4.69, 9.17) is 0 Å². The minimum atomic E-state index is -3.88. The Morgan fingerprint density at radius 1 is 1.33 bits per heavy atom. The molecule has 4 heterocycles. The Morgan fingerprint density at radius 3 is 3.00 bits per heavy atom. The van der Waals surface area contributed by atoms with Crippen molar-refractivity contribution in [3.63, 3.8) is 0 Å². The molecule has 4 rings (SSSR count). The fraction of sp³-hybridized carbons (Fsp3) is 0.353. The first-order valence-electron chi connectivity index (χ1n) is 8.79. The summed E-state index contributed by atoms with van der Waals surface area (Å²) in [6, 6.07) is 4.31. The lowest BCUT2D eigenvalue weighted by atomic mass is 10.1. The molecule has 1 aliphatic heterocycles. The largest absolute Gasteiger partial charge is 0.345 e. The van der Waals surface area contributed by atoms with Crippen molar-refractivity contribution in [1.82, 2.24) is 24.5 Å². The molecule has 1 atom stereocenters. The molecule has 1 aliphatic rings. The Bertz CT molecular complexity index is 1090. The second-order valence-corrected chi connectivity index (χ2v) is 8.05. The number of amides is 1. The van der Waals surface area contributed by atoms with Gasteiger partial charge in [0.2, 0.25) is 15.9 Å². The number of sulfonamides is 1. The van der Waals surface area contributed by atoms with Crippen molar-refractivity contribution in [3.8, 4) is 0 Å². The van der Waals surface area contributed by atoms with E-state index in [1.165, 1.54) is 6.20 Å². The highest BCUT2D eigenvalue weighted by Crippen LogP contribution is 2.24. The van der Waals surface area contributed by atoms with Crippen LogP contribution in [0.4, 0.5) is 5.82 Å². The van der Waals surface area contributed by atoms with Gasteiger partial charge in [0.25, 0.3) is 0 Å². The van der Waals surface area contributed by atoms with Gasteiger partial charge in [0, 0.05) is 36.9 Å². The second-order valence-electron chi connectivity index (χ2n) is 6.36. The number of H-pyrrole nitrogens is 1. The SMILES string of the molecule is CCn1nccc1N1CCC[C@H](NS(=O)(=O)c2c[nH]c3ncccc23)C1=O. The predicted octanol–water partition coefficient (Wildman–Crippen LogP) is 1.25. The molecule has 10 heteroatoms. The smallest absolute Gasteiger partial charge is 0.246 e. The number of fused-ring (bicyclic) bond motifs is 1. The highest BCUT2D eigenvalue weighted by molar-refractivity contribution is 7.89. The van der Waals surface area contributed by atoms with Crippen LogP contribution in [-0.2, 0) is 21.4 Å². The van der Waals surface area contributed by atoms with Crippen molar-refractivity contribution in [2.45, 2.75) is 37.2 Å². The number of pyridine rings is 1. The summed E-state index contributed by atoms with van der Waals surface area (Å²) in [6.45, 7) is 3.11. The third-order valence-corrected chi connectivity index (χ3v) is 6.22. The number of rotatable bonds is 5. The maximum absolute atomic E-state index is 12.9. The van der Waals surface area contributed by atoms with Gasteiger partial charge in [0.1, 0.15) is 22.4 Å². The van der Waals surface area contributed by atoms with Gasteiger partial charge in [0.05, 0.1) is 6.20 Å². The topological polar surface area (TPSA) is 113 Å². The van der Waals surface area contributed by atoms with Crippen LogP contribution in [0.15, 0.2) is 41.7 Å². The zero-order valence-electron chi connectivity index (χ0n) is 14.8. The number of carbonyl (C=O) groups excluding carboxylic acids is 1. The molecule has 0 radical (unpaired) electrons. The van der Waals surface area contributed by atoms with Crippen LogP contribution in [0.2, 0.25) is 0 Å². The van der Waals surface area contributed by atoms with Gasteiger partial charge in [-0.2, -0.15) is 9.82 Å². The minimum absolute atomic E-state index is 0.0918. The summed E-state index contributed by atoms with van der Waals surface area (Å²) < 4.78 is 30.1. The van der Waals surface area contributed by atoms with Crippen LogP contribution in [-0.4, -0.2) is 46.7 Å². The van der Waals surface area contributed by atoms with Gasteiger partial charge in [-0.25, -0.2) is 18.1 Å². The highest BCUT2D eigenvalue weighted by Gasteiger charge is 2.35. The number of nitrogens with one attached hydrogen (secondary N) is 2. The Balaban J connectivity index is 1.61. The van der Waals surface area contributed by atoms with Gasteiger partial charge in [-0.3, -0.25) is 9.69 Å². The van der Waals surface area contributed by atoms with Crippen LogP contribution in [0.5, 0.6) is 0 Å². The molecular weight excluding hydrogens is 368 g/mol. The monoisotopic (exact) mass is 388 g/mol. The van der Waals surface area contributed by atoms with Crippen molar-refractivity contribution in [2.24, 2.45) is 0 Å². The molecule has 3 aromatic rings. The number of nitrogens with zero attached hydrogens (tertiary/aromatic N) is 4. The molecule has 1 fully saturated rings. The van der Waals surface area contributed by atoms with Crippen molar-refractivity contribution >= 4 is 32.8 Å². The fourth-order valence-corrected chi connectivity index (χ4v) is 4.80. The van der Waals surface area contributed by atoms with Gasteiger partial charge in [-0.15, -0.1) is 0 Å². The van der Waals surface area contributed by atoms with Crippen molar-refractivity contribution in [2.75, 3.05) is 11.4 Å². The molecule has 0 bridgehead atoms. The summed E-state index contributed by atoms with van der Waals surface area (Å²) in [5.74, 6) is 0.417. The molecular formula is C17H20N6O3S. The van der Waals surface area contributed by atoms with Crippen LogP contribution in [0.1, 0.15) is 19.8 Å². The lowest BCUT2D eigenvalue weighted by molar-refractivity contribution is -0.121. The summed E-state index contributed by atoms with van der Waals surface area (Å²) in [5, 5.41) is 4.69. The van der Waals surface area contributed by atoms with E-state index >= 15 is 0 Å². The quantitative estimate of drug-likeness (QED) is 0.683. The van der Waals surface area contributed by atoms with Crippen LogP contribution in [0, 0.1) is 0 Å². The number of hydrogen-bond acceptors (Lipinski definition) is 5. The zero-order chi connectivity index (χ0) is 19.0. The van der Waals surface area contributed by atoms with Crippen molar-refractivity contribution in [1.29, 1.82) is 0 Å². The summed E-state index contributed by atoms with van der Waals surface area (Å²) >= 11 is 0. The van der Waals surface area contributed by atoms with E-state index in [-0.39, 0.29) is 10.8 Å². The molecule has 0 saturated carbocycles. The van der Waals surface area contributed by atoms with Crippen LogP contribution < -0.4 is 9.62 Å². The number of aromatic amines is 1. The van der Waals surface area contributed by atoms with E-state index in [9.17, 15) is 13.2 Å². The maximum Gasteiger partial charge on any atom is 0.246 e. The van der Waals surface area contributed by atoms with E-state index in [0.29, 0.717) is 42.8 Å². The van der Waals surface area contributed by atoms with Crippen LogP contribution >= 0.6 is 0 Å². The molecule has 0 unspecified atom stereocenters. The first-order valence-corrected chi connectivity index (χ1v) is 10.3. The number of carbonyl (C=O) groups is 1. The zero-order valence-corrected chi connectivity index (χ0v) is 15.6. The molecule has 0 spiro atoms. The van der Waals surface area contributed by atoms with Gasteiger partial charge in [0.15, 0.2) is 0 Å². The molecule has 1 amide bonds. The molecule has 27 heavy (non-hydrogen) atoms. The standard InChI is InChI=1S/C17H20N6O3S/c1-2-23-15(7-9-20-23)22-10-4-6-13(17(22)24)21-27(25,26)14-11-19-16-12(14)5-3-8-18-16/h3,5,7-9,11,13,21H,2,4,6,10H2,1H3,(H,18,19)/t13-/m0/s1. The van der Waals surface area contributed by atoms with Gasteiger partial charge in [-0.05, 0) is 31.9 Å². The Hall–Kier alpha value is -2.72. The summed E-state index contributed by atoms with van der Waals surface area (Å²) in [5.41, 5.74) is 0.487. The number of hydrogen-bond donors (Lipinski definition) is 2. The first-order chi connectivity index (χ1) is 13.0. The van der Waals surface area contributed by atoms with Gasteiger partial charge >= 0.3 is 0 Å². The lowest BCUT2D eigenvalue weighted by Crippen LogP contribution is -2.52. The summed E-state index contributed by atoms with van der Waals surface area (Å²) in [6.07, 6.45) is 5.77. The van der Waals surface area contributed by atoms with Crippen molar-refractivity contribution in [3.05, 3.63) is 36.8 Å². The first kappa shape index (κ1) is 17.7. The molecule has 1 saturated heterocycles. The molecule has 0 aliphatic carbocycles. The van der Waals surface area contributed by atoms with Gasteiger partial charge in [-0.1, -0.05) is 0 Å². The van der Waals surface area contributed by atoms with E-state index in [0.717, 1.165) is 0 Å². The Morgan fingerprint density at radius 2 is 2.19 bits per heavy atom. The van der Waals surface area contributed by atoms with E-state index in [1.54, 1.807) is 40.2 Å². The van der Waals surface area contributed by atoms with Crippen molar-refractivity contribution < 1.29 is 13.2 Å². The number of piperidine rings is 1. The summed E-state index contributed by atoms with van der Waals surface area (Å²) in [7, 11) is -3.88. The third-order valence-electron chi connectivity index (χ3n) is 4.71. The van der Waals surface area contributed by atoms with Crippen LogP contribution in [0.3, 0.4) is 0 Å². The second kappa shape index (κ2) is 6.78. The maximum atomic E-state index is 12.9. The number of aryl methyl sites for hydroxylation is 1. The average Bonchev–Trinajstić information content (AvgIpc) is 3.30. The summed E-state index contributed by atoms with van der Waals surface area (Å²) in [4.78, 5) is 21.6. The molecule has 142 valence electrons. The Labute approximate surface area is 156 Å².